The zero-order valence-electron chi connectivity index (χ0n) is 10.0. The van der Waals surface area contributed by atoms with Gasteiger partial charge in [0, 0.05) is 6.61 Å². The third-order valence-electron chi connectivity index (χ3n) is 2.85. The Hall–Kier alpha value is -0.150. The molecule has 0 spiro atoms. The topological polar surface area (TPSA) is 99.4 Å². The van der Waals surface area contributed by atoms with Gasteiger partial charge in [0.25, 0.3) is 0 Å². The highest BCUT2D eigenvalue weighted by atomic mass is 32.1. The van der Waals surface area contributed by atoms with Crippen LogP contribution in [0.3, 0.4) is 0 Å². The number of aliphatic hydroxyl groups is 4. The Kier molecular flexibility index (Phi) is 7.16. The minimum atomic E-state index is -1.39. The summed E-state index contributed by atoms with van der Waals surface area (Å²) < 4.78 is 10.5. The Morgan fingerprint density at radius 3 is 2.44 bits per heavy atom. The molecule has 7 heteroatoms. The number of hydrogen-bond acceptors (Lipinski definition) is 7. The van der Waals surface area contributed by atoms with Crippen molar-refractivity contribution in [3.05, 3.63) is 0 Å². The molecule has 1 rings (SSSR count). The zero-order chi connectivity index (χ0) is 13.5. The predicted molar refractivity (Wildman–Crippen MR) is 67.2 cm³/mol. The van der Waals surface area contributed by atoms with Crippen LogP contribution in [0.5, 0.6) is 0 Å². The molecule has 1 saturated heterocycles. The first kappa shape index (κ1) is 15.9. The maximum Gasteiger partial charge on any atom is 0.186 e. The van der Waals surface area contributed by atoms with Crippen molar-refractivity contribution < 1.29 is 29.9 Å². The molecule has 5 atom stereocenters. The lowest BCUT2D eigenvalue weighted by Crippen LogP contribution is -2.59. The Morgan fingerprint density at radius 2 is 1.83 bits per heavy atom. The fourth-order valence-electron chi connectivity index (χ4n) is 1.73. The van der Waals surface area contributed by atoms with Crippen LogP contribution in [-0.2, 0) is 9.47 Å². The van der Waals surface area contributed by atoms with Crippen molar-refractivity contribution in [2.75, 3.05) is 13.2 Å². The van der Waals surface area contributed by atoms with Crippen LogP contribution in [0, 0.1) is 0 Å². The molecular weight excluding hydrogens is 260 g/mol. The highest BCUT2D eigenvalue weighted by molar-refractivity contribution is 7.78. The fourth-order valence-corrected chi connectivity index (χ4v) is 1.90. The van der Waals surface area contributed by atoms with E-state index in [4.69, 9.17) is 14.6 Å². The van der Waals surface area contributed by atoms with E-state index in [0.29, 0.717) is 6.61 Å². The standard InChI is InChI=1S/C11H20O6S/c12-6-7-8(13)9(14)10(15)11(17-7)16-4-2-1-3-5-18/h5,7-15H,1-4,6H2/t7-,8-,9+,10-,11-/m1/s1. The average Bonchev–Trinajstić information content (AvgIpc) is 2.38. The van der Waals surface area contributed by atoms with Gasteiger partial charge in [-0.25, -0.2) is 0 Å². The van der Waals surface area contributed by atoms with E-state index in [1.54, 1.807) is 5.37 Å². The molecule has 1 aliphatic rings. The Morgan fingerprint density at radius 1 is 1.11 bits per heavy atom. The van der Waals surface area contributed by atoms with Gasteiger partial charge in [-0.3, -0.25) is 0 Å². The van der Waals surface area contributed by atoms with Crippen molar-refractivity contribution in [1.82, 2.24) is 0 Å². The van der Waals surface area contributed by atoms with Crippen molar-refractivity contribution in [2.45, 2.75) is 50.0 Å². The number of aliphatic hydroxyl groups excluding tert-OH is 4. The molecule has 4 N–H and O–H groups in total. The van der Waals surface area contributed by atoms with Gasteiger partial charge in [0.05, 0.1) is 6.61 Å². The highest BCUT2D eigenvalue weighted by Crippen LogP contribution is 2.22. The maximum absolute atomic E-state index is 9.66. The summed E-state index contributed by atoms with van der Waals surface area (Å²) in [5, 5.41) is 39.4. The molecule has 0 aliphatic carbocycles. The first-order chi connectivity index (χ1) is 8.61. The summed E-state index contributed by atoms with van der Waals surface area (Å²) in [7, 11) is 0. The maximum atomic E-state index is 9.66. The molecule has 18 heavy (non-hydrogen) atoms. The van der Waals surface area contributed by atoms with Crippen LogP contribution in [-0.4, -0.2) is 69.7 Å². The van der Waals surface area contributed by atoms with E-state index >= 15 is 0 Å². The molecule has 106 valence electrons. The monoisotopic (exact) mass is 280 g/mol. The van der Waals surface area contributed by atoms with E-state index in [1.807, 2.05) is 0 Å². The van der Waals surface area contributed by atoms with Gasteiger partial charge in [-0.1, -0.05) is 12.2 Å². The molecule has 0 aromatic heterocycles. The number of rotatable bonds is 7. The molecule has 6 nitrogen and oxygen atoms in total. The summed E-state index contributed by atoms with van der Waals surface area (Å²) in [6.07, 6.45) is -3.58. The molecule has 1 heterocycles. The SMILES string of the molecule is OC[C@H]1O[C@@H](OCCCCC=S)[C@H](O)[C@@H](O)[C@@H]1O. The van der Waals surface area contributed by atoms with Gasteiger partial charge in [0.1, 0.15) is 24.4 Å². The van der Waals surface area contributed by atoms with Gasteiger partial charge in [-0.05, 0) is 24.6 Å². The summed E-state index contributed by atoms with van der Waals surface area (Å²) in [6.45, 7) is -0.0957. The second-order valence-electron chi connectivity index (χ2n) is 4.23. The number of thiocarbonyl (C=S) groups is 1. The van der Waals surface area contributed by atoms with E-state index in [1.165, 1.54) is 0 Å². The molecule has 0 saturated carbocycles. The molecule has 1 aliphatic heterocycles. The Bertz CT molecular complexity index is 250. The number of ether oxygens (including phenoxy) is 2. The van der Waals surface area contributed by atoms with Crippen LogP contribution in [0.2, 0.25) is 0 Å². The van der Waals surface area contributed by atoms with Crippen molar-refractivity contribution in [1.29, 1.82) is 0 Å². The van der Waals surface area contributed by atoms with Gasteiger partial charge < -0.3 is 29.9 Å². The molecule has 0 radical (unpaired) electrons. The minimum Gasteiger partial charge on any atom is -0.394 e. The lowest BCUT2D eigenvalue weighted by atomic mass is 9.99. The van der Waals surface area contributed by atoms with Crippen molar-refractivity contribution >= 4 is 17.6 Å². The van der Waals surface area contributed by atoms with E-state index in [9.17, 15) is 15.3 Å². The normalized spacial score (nSPS) is 36.6. The summed E-state index contributed by atoms with van der Waals surface area (Å²) in [5.41, 5.74) is 0. The van der Waals surface area contributed by atoms with E-state index in [0.717, 1.165) is 19.3 Å². The largest absolute Gasteiger partial charge is 0.394 e. The first-order valence-corrected chi connectivity index (χ1v) is 6.44. The second kappa shape index (κ2) is 8.11. The predicted octanol–water partition coefficient (Wildman–Crippen LogP) is -1.03. The van der Waals surface area contributed by atoms with E-state index in [-0.39, 0.29) is 0 Å². The van der Waals surface area contributed by atoms with Gasteiger partial charge in [-0.15, -0.1) is 0 Å². The van der Waals surface area contributed by atoms with Gasteiger partial charge in [0.2, 0.25) is 0 Å². The van der Waals surface area contributed by atoms with E-state index < -0.39 is 37.3 Å². The van der Waals surface area contributed by atoms with Gasteiger partial charge >= 0.3 is 0 Å². The molecular formula is C11H20O6S. The van der Waals surface area contributed by atoms with Crippen molar-refractivity contribution in [3.8, 4) is 0 Å². The lowest BCUT2D eigenvalue weighted by molar-refractivity contribution is -0.301. The summed E-state index contributed by atoms with van der Waals surface area (Å²) >= 11 is 4.69. The number of hydrogen-bond donors (Lipinski definition) is 4. The third kappa shape index (κ3) is 4.20. The fraction of sp³-hybridized carbons (Fsp3) is 0.909. The lowest BCUT2D eigenvalue weighted by Gasteiger charge is -2.39. The van der Waals surface area contributed by atoms with Crippen LogP contribution in [0.4, 0.5) is 0 Å². The zero-order valence-corrected chi connectivity index (χ0v) is 10.8. The van der Waals surface area contributed by atoms with Crippen LogP contribution in [0.25, 0.3) is 0 Å². The summed E-state index contributed by atoms with van der Waals surface area (Å²) in [4.78, 5) is 0. The molecule has 0 unspecified atom stereocenters. The number of unbranched alkanes of at least 4 members (excludes halogenated alkanes) is 2. The highest BCUT2D eigenvalue weighted by Gasteiger charge is 2.43. The minimum absolute atomic E-state index is 0.353. The second-order valence-corrected chi connectivity index (χ2v) is 4.56. The van der Waals surface area contributed by atoms with Crippen LogP contribution < -0.4 is 0 Å². The first-order valence-electron chi connectivity index (χ1n) is 5.97. The van der Waals surface area contributed by atoms with Gasteiger partial charge in [-0.2, -0.15) is 0 Å². The smallest absolute Gasteiger partial charge is 0.186 e. The third-order valence-corrected chi connectivity index (χ3v) is 3.08. The van der Waals surface area contributed by atoms with Crippen molar-refractivity contribution in [3.63, 3.8) is 0 Å². The van der Waals surface area contributed by atoms with Crippen LogP contribution >= 0.6 is 12.2 Å². The van der Waals surface area contributed by atoms with Crippen molar-refractivity contribution in [2.24, 2.45) is 0 Å². The van der Waals surface area contributed by atoms with Crippen LogP contribution in [0.15, 0.2) is 0 Å². The molecule has 0 aromatic carbocycles. The molecule has 0 amide bonds. The molecule has 0 bridgehead atoms. The van der Waals surface area contributed by atoms with Crippen LogP contribution in [0.1, 0.15) is 19.3 Å². The summed E-state index contributed by atoms with van der Waals surface area (Å²) in [6, 6.07) is 0. The molecule has 0 aromatic rings. The van der Waals surface area contributed by atoms with Gasteiger partial charge in [0.15, 0.2) is 6.29 Å². The molecule has 1 fully saturated rings. The Labute approximate surface area is 111 Å². The average molecular weight is 280 g/mol. The quantitative estimate of drug-likeness (QED) is 0.350. The Balaban J connectivity index is 2.37. The summed E-state index contributed by atoms with van der Waals surface area (Å²) in [5.74, 6) is 0. The van der Waals surface area contributed by atoms with E-state index in [2.05, 4.69) is 12.2 Å².